The summed E-state index contributed by atoms with van der Waals surface area (Å²) in [5.41, 5.74) is 7.70. The summed E-state index contributed by atoms with van der Waals surface area (Å²) < 4.78 is 6.78. The molecule has 1 aromatic carbocycles. The topological polar surface area (TPSA) is 55.6 Å². The molecule has 1 saturated carbocycles. The van der Waals surface area contributed by atoms with E-state index in [9.17, 15) is 4.79 Å². The zero-order valence-electron chi connectivity index (χ0n) is 12.0. The number of hydrogen-bond acceptors (Lipinski definition) is 3. The van der Waals surface area contributed by atoms with E-state index >= 15 is 0 Å². The number of hydrogen-bond donors (Lipinski definition) is 1. The number of carbonyl (C=O) groups is 1. The second-order valence-corrected chi connectivity index (χ2v) is 6.19. The second kappa shape index (κ2) is 6.59. The molecule has 1 aromatic rings. The first-order valence-corrected chi connectivity index (χ1v) is 7.69. The van der Waals surface area contributed by atoms with Gasteiger partial charge in [-0.05, 0) is 56.0 Å². The van der Waals surface area contributed by atoms with E-state index in [0.717, 1.165) is 40.6 Å². The third kappa shape index (κ3) is 3.73. The van der Waals surface area contributed by atoms with Gasteiger partial charge in [0.25, 0.3) is 5.91 Å². The lowest BCUT2D eigenvalue weighted by molar-refractivity contribution is -0.132. The highest BCUT2D eigenvalue weighted by Crippen LogP contribution is 2.29. The summed E-state index contributed by atoms with van der Waals surface area (Å²) >= 11 is 3.48. The lowest BCUT2D eigenvalue weighted by atomic mass is 10.1. The van der Waals surface area contributed by atoms with Crippen molar-refractivity contribution in [2.45, 2.75) is 32.2 Å². The molecular weight excluding hydrogens is 320 g/mol. The van der Waals surface area contributed by atoms with Crippen LogP contribution in [0.2, 0.25) is 0 Å². The number of rotatable bonds is 6. The van der Waals surface area contributed by atoms with Crippen LogP contribution in [0, 0.1) is 6.92 Å². The van der Waals surface area contributed by atoms with Gasteiger partial charge in [0.15, 0.2) is 6.61 Å². The van der Waals surface area contributed by atoms with E-state index in [2.05, 4.69) is 15.9 Å². The van der Waals surface area contributed by atoms with Crippen LogP contribution in [0.25, 0.3) is 0 Å². The monoisotopic (exact) mass is 340 g/mol. The molecule has 2 N–H and O–H groups in total. The quantitative estimate of drug-likeness (QED) is 0.864. The molecule has 0 spiro atoms. The van der Waals surface area contributed by atoms with E-state index in [1.165, 1.54) is 0 Å². The number of aryl methyl sites for hydroxylation is 1. The van der Waals surface area contributed by atoms with Crippen molar-refractivity contribution in [1.29, 1.82) is 0 Å². The molecule has 0 unspecified atom stereocenters. The number of nitrogens with two attached hydrogens (primary N) is 1. The Kier molecular flexibility index (Phi) is 5.05. The molecule has 0 bridgehead atoms. The van der Waals surface area contributed by atoms with Crippen LogP contribution in [0.15, 0.2) is 16.6 Å². The number of ether oxygens (including phenoxy) is 1. The molecule has 0 saturated heterocycles. The first-order valence-electron chi connectivity index (χ1n) is 6.90. The van der Waals surface area contributed by atoms with E-state index in [4.69, 9.17) is 10.5 Å². The summed E-state index contributed by atoms with van der Waals surface area (Å²) in [6.45, 7) is 2.63. The second-order valence-electron chi connectivity index (χ2n) is 5.27. The Labute approximate surface area is 128 Å². The molecule has 0 heterocycles. The van der Waals surface area contributed by atoms with E-state index in [-0.39, 0.29) is 12.5 Å². The largest absolute Gasteiger partial charge is 0.483 e. The molecule has 0 aliphatic heterocycles. The van der Waals surface area contributed by atoms with Gasteiger partial charge in [-0.2, -0.15) is 0 Å². The third-order valence-electron chi connectivity index (χ3n) is 3.56. The van der Waals surface area contributed by atoms with Gasteiger partial charge in [-0.25, -0.2) is 0 Å². The lowest BCUT2D eigenvalue weighted by Gasteiger charge is -2.19. The van der Waals surface area contributed by atoms with Crippen LogP contribution < -0.4 is 10.5 Å². The summed E-state index contributed by atoms with van der Waals surface area (Å²) in [5, 5.41) is 0. The maximum Gasteiger partial charge on any atom is 0.260 e. The lowest BCUT2D eigenvalue weighted by Crippen LogP contribution is -2.33. The Morgan fingerprint density at radius 3 is 2.80 bits per heavy atom. The molecule has 1 aliphatic carbocycles. The predicted molar refractivity (Wildman–Crippen MR) is 82.9 cm³/mol. The molecule has 110 valence electrons. The summed E-state index contributed by atoms with van der Waals surface area (Å²) in [6, 6.07) is 4.41. The molecule has 1 aliphatic rings. The summed E-state index contributed by atoms with van der Waals surface area (Å²) in [4.78, 5) is 13.8. The van der Waals surface area contributed by atoms with Crippen molar-refractivity contribution in [2.75, 3.05) is 20.2 Å². The van der Waals surface area contributed by atoms with Gasteiger partial charge in [0.05, 0.1) is 0 Å². The van der Waals surface area contributed by atoms with Crippen molar-refractivity contribution in [3.63, 3.8) is 0 Å². The zero-order chi connectivity index (χ0) is 14.7. The standard InChI is InChI=1S/C15H21BrN2O2/c1-10-7-12(16)8-11(5-6-17)15(10)20-9-14(19)18(2)13-3-4-13/h7-8,13H,3-6,9,17H2,1-2H3. The first-order chi connectivity index (χ1) is 9.52. The number of benzene rings is 1. The SMILES string of the molecule is Cc1cc(Br)cc(CCN)c1OCC(=O)N(C)C1CC1. The fourth-order valence-corrected chi connectivity index (χ4v) is 2.87. The minimum Gasteiger partial charge on any atom is -0.483 e. The normalized spacial score (nSPS) is 14.2. The van der Waals surface area contributed by atoms with Crippen molar-refractivity contribution in [3.8, 4) is 5.75 Å². The van der Waals surface area contributed by atoms with Gasteiger partial charge in [-0.3, -0.25) is 4.79 Å². The summed E-state index contributed by atoms with van der Waals surface area (Å²) in [6.07, 6.45) is 2.96. The van der Waals surface area contributed by atoms with Crippen LogP contribution in [-0.2, 0) is 11.2 Å². The Hall–Kier alpha value is -1.07. The number of likely N-dealkylation sites (N-methyl/N-ethyl adjacent to an activating group) is 1. The average molecular weight is 341 g/mol. The number of halogens is 1. The van der Waals surface area contributed by atoms with Gasteiger partial charge < -0.3 is 15.4 Å². The van der Waals surface area contributed by atoms with Crippen molar-refractivity contribution in [1.82, 2.24) is 4.90 Å². The maximum atomic E-state index is 12.0. The van der Waals surface area contributed by atoms with Crippen LogP contribution in [0.1, 0.15) is 24.0 Å². The highest BCUT2D eigenvalue weighted by Gasteiger charge is 2.29. The van der Waals surface area contributed by atoms with Crippen LogP contribution in [-0.4, -0.2) is 37.0 Å². The van der Waals surface area contributed by atoms with Crippen molar-refractivity contribution in [3.05, 3.63) is 27.7 Å². The molecule has 1 amide bonds. The van der Waals surface area contributed by atoms with Gasteiger partial charge in [-0.1, -0.05) is 15.9 Å². The average Bonchev–Trinajstić information content (AvgIpc) is 3.21. The van der Waals surface area contributed by atoms with Crippen LogP contribution >= 0.6 is 15.9 Å². The first kappa shape index (κ1) is 15.3. The van der Waals surface area contributed by atoms with E-state index in [0.29, 0.717) is 12.6 Å². The van der Waals surface area contributed by atoms with Crippen LogP contribution in [0.5, 0.6) is 5.75 Å². The molecule has 4 nitrogen and oxygen atoms in total. The number of amides is 1. The third-order valence-corrected chi connectivity index (χ3v) is 4.02. The molecule has 0 atom stereocenters. The van der Waals surface area contributed by atoms with Gasteiger partial charge in [0, 0.05) is 17.6 Å². The molecule has 20 heavy (non-hydrogen) atoms. The molecule has 0 aromatic heterocycles. The Bertz CT molecular complexity index is 501. The number of nitrogens with zero attached hydrogens (tertiary/aromatic N) is 1. The van der Waals surface area contributed by atoms with Crippen molar-refractivity contribution in [2.24, 2.45) is 5.73 Å². The smallest absolute Gasteiger partial charge is 0.260 e. The van der Waals surface area contributed by atoms with Gasteiger partial charge in [0.2, 0.25) is 0 Å². The van der Waals surface area contributed by atoms with Crippen LogP contribution in [0.3, 0.4) is 0 Å². The fourth-order valence-electron chi connectivity index (χ4n) is 2.25. The Morgan fingerprint density at radius 1 is 1.50 bits per heavy atom. The molecule has 5 heteroatoms. The molecule has 0 radical (unpaired) electrons. The summed E-state index contributed by atoms with van der Waals surface area (Å²) in [5.74, 6) is 0.824. The van der Waals surface area contributed by atoms with E-state index < -0.39 is 0 Å². The summed E-state index contributed by atoms with van der Waals surface area (Å²) in [7, 11) is 1.85. The highest BCUT2D eigenvalue weighted by atomic mass is 79.9. The molecule has 1 fully saturated rings. The van der Waals surface area contributed by atoms with Gasteiger partial charge in [0.1, 0.15) is 5.75 Å². The highest BCUT2D eigenvalue weighted by molar-refractivity contribution is 9.10. The Morgan fingerprint density at radius 2 is 2.20 bits per heavy atom. The zero-order valence-corrected chi connectivity index (χ0v) is 13.6. The minimum absolute atomic E-state index is 0.0357. The van der Waals surface area contributed by atoms with E-state index in [1.807, 2.05) is 26.1 Å². The fraction of sp³-hybridized carbons (Fsp3) is 0.533. The minimum atomic E-state index is 0.0357. The van der Waals surface area contributed by atoms with Crippen LogP contribution in [0.4, 0.5) is 0 Å². The predicted octanol–water partition coefficient (Wildman–Crippen LogP) is 2.26. The van der Waals surface area contributed by atoms with Gasteiger partial charge >= 0.3 is 0 Å². The van der Waals surface area contributed by atoms with Gasteiger partial charge in [-0.15, -0.1) is 0 Å². The van der Waals surface area contributed by atoms with Crippen molar-refractivity contribution < 1.29 is 9.53 Å². The van der Waals surface area contributed by atoms with Crippen molar-refractivity contribution >= 4 is 21.8 Å². The Balaban J connectivity index is 2.05. The maximum absolute atomic E-state index is 12.0. The molecular formula is C15H21BrN2O2. The van der Waals surface area contributed by atoms with E-state index in [1.54, 1.807) is 4.90 Å². The molecule has 2 rings (SSSR count). The number of carbonyl (C=O) groups excluding carboxylic acids is 1.